The van der Waals surface area contributed by atoms with Crippen molar-refractivity contribution in [2.45, 2.75) is 17.4 Å². The Bertz CT molecular complexity index is 891. The molecule has 0 saturated carbocycles. The molecule has 0 unspecified atom stereocenters. The Morgan fingerprint density at radius 3 is 2.80 bits per heavy atom. The molecular weight excluding hydrogens is 342 g/mol. The standard InChI is InChI=1S/C17H21N3O4S/c1-19-11-12(10-18-19)16-15(7-8-24-16)17(21)20(2)13-5-4-6-14(9-13)25(3,22)23/h4-6,9-11,15-16H,7-8H2,1-3H3/t15-,16+/m1/s1. The number of sulfone groups is 1. The summed E-state index contributed by atoms with van der Waals surface area (Å²) < 4.78 is 30.9. The Labute approximate surface area is 147 Å². The van der Waals surface area contributed by atoms with E-state index in [1.54, 1.807) is 30.1 Å². The zero-order valence-electron chi connectivity index (χ0n) is 14.4. The molecule has 134 valence electrons. The molecule has 0 aliphatic carbocycles. The molecule has 1 saturated heterocycles. The molecule has 2 atom stereocenters. The van der Waals surface area contributed by atoms with E-state index >= 15 is 0 Å². The minimum atomic E-state index is -3.33. The molecule has 1 aromatic heterocycles. The number of benzene rings is 1. The van der Waals surface area contributed by atoms with E-state index in [9.17, 15) is 13.2 Å². The van der Waals surface area contributed by atoms with Gasteiger partial charge in [0, 0.05) is 44.4 Å². The minimum absolute atomic E-state index is 0.1000. The first kappa shape index (κ1) is 17.6. The summed E-state index contributed by atoms with van der Waals surface area (Å²) in [6.07, 6.45) is 4.99. The molecule has 0 bridgehead atoms. The summed E-state index contributed by atoms with van der Waals surface area (Å²) >= 11 is 0. The largest absolute Gasteiger partial charge is 0.373 e. The van der Waals surface area contributed by atoms with E-state index in [1.807, 2.05) is 13.2 Å². The fraction of sp³-hybridized carbons (Fsp3) is 0.412. The van der Waals surface area contributed by atoms with E-state index < -0.39 is 9.84 Å². The maximum atomic E-state index is 13.0. The van der Waals surface area contributed by atoms with E-state index in [2.05, 4.69) is 5.10 Å². The summed E-state index contributed by atoms with van der Waals surface area (Å²) in [6.45, 7) is 0.507. The summed E-state index contributed by atoms with van der Waals surface area (Å²) in [7, 11) is 0.144. The number of carbonyl (C=O) groups excluding carboxylic acids is 1. The Morgan fingerprint density at radius 2 is 2.16 bits per heavy atom. The molecule has 0 spiro atoms. The quantitative estimate of drug-likeness (QED) is 0.823. The van der Waals surface area contributed by atoms with Gasteiger partial charge in [0.05, 0.1) is 23.1 Å². The Kier molecular flexibility index (Phi) is 4.66. The molecule has 1 aromatic carbocycles. The highest BCUT2D eigenvalue weighted by atomic mass is 32.2. The van der Waals surface area contributed by atoms with Gasteiger partial charge in [0.1, 0.15) is 0 Å². The highest BCUT2D eigenvalue weighted by Gasteiger charge is 2.37. The van der Waals surface area contributed by atoms with Crippen LogP contribution in [-0.2, 0) is 26.4 Å². The van der Waals surface area contributed by atoms with Gasteiger partial charge in [-0.25, -0.2) is 8.42 Å². The van der Waals surface area contributed by atoms with Crippen LogP contribution in [0.1, 0.15) is 18.1 Å². The average Bonchev–Trinajstić information content (AvgIpc) is 3.21. The van der Waals surface area contributed by atoms with E-state index in [4.69, 9.17) is 4.74 Å². The van der Waals surface area contributed by atoms with Crippen molar-refractivity contribution in [2.24, 2.45) is 13.0 Å². The van der Waals surface area contributed by atoms with Crippen molar-refractivity contribution in [3.63, 3.8) is 0 Å². The topological polar surface area (TPSA) is 81.5 Å². The molecule has 1 aliphatic heterocycles. The second-order valence-corrected chi connectivity index (χ2v) is 8.32. The molecular formula is C17H21N3O4S. The van der Waals surface area contributed by atoms with Crippen molar-refractivity contribution >= 4 is 21.4 Å². The van der Waals surface area contributed by atoms with Crippen molar-refractivity contribution in [3.05, 3.63) is 42.2 Å². The predicted molar refractivity (Wildman–Crippen MR) is 93.0 cm³/mol. The maximum absolute atomic E-state index is 13.0. The lowest BCUT2D eigenvalue weighted by molar-refractivity contribution is -0.123. The van der Waals surface area contributed by atoms with E-state index in [1.165, 1.54) is 17.0 Å². The first-order valence-electron chi connectivity index (χ1n) is 7.95. The van der Waals surface area contributed by atoms with E-state index in [0.29, 0.717) is 18.7 Å². The highest BCUT2D eigenvalue weighted by molar-refractivity contribution is 7.90. The van der Waals surface area contributed by atoms with Gasteiger partial charge in [-0.05, 0) is 24.6 Å². The normalized spacial score (nSPS) is 20.6. The Balaban J connectivity index is 1.85. The number of hydrogen-bond acceptors (Lipinski definition) is 5. The zero-order chi connectivity index (χ0) is 18.2. The molecule has 25 heavy (non-hydrogen) atoms. The van der Waals surface area contributed by atoms with Crippen LogP contribution in [0.4, 0.5) is 5.69 Å². The molecule has 2 aromatic rings. The molecule has 2 heterocycles. The molecule has 1 fully saturated rings. The van der Waals surface area contributed by atoms with Crippen LogP contribution < -0.4 is 4.90 Å². The highest BCUT2D eigenvalue weighted by Crippen LogP contribution is 2.36. The van der Waals surface area contributed by atoms with Gasteiger partial charge < -0.3 is 9.64 Å². The van der Waals surface area contributed by atoms with Crippen LogP contribution in [0, 0.1) is 5.92 Å². The van der Waals surface area contributed by atoms with E-state index in [0.717, 1.165) is 11.8 Å². The third-order valence-corrected chi connectivity index (χ3v) is 5.54. The van der Waals surface area contributed by atoms with Crippen molar-refractivity contribution in [1.29, 1.82) is 0 Å². The van der Waals surface area contributed by atoms with Gasteiger partial charge in [-0.3, -0.25) is 9.48 Å². The first-order valence-corrected chi connectivity index (χ1v) is 9.84. The van der Waals surface area contributed by atoms with Crippen molar-refractivity contribution < 1.29 is 17.9 Å². The Morgan fingerprint density at radius 1 is 1.40 bits per heavy atom. The lowest BCUT2D eigenvalue weighted by Gasteiger charge is -2.24. The summed E-state index contributed by atoms with van der Waals surface area (Å²) in [5, 5.41) is 4.14. The van der Waals surface area contributed by atoms with Crippen LogP contribution in [0.25, 0.3) is 0 Å². The van der Waals surface area contributed by atoms with Crippen LogP contribution in [0.2, 0.25) is 0 Å². The average molecular weight is 363 g/mol. The number of rotatable bonds is 4. The third-order valence-electron chi connectivity index (χ3n) is 4.43. The zero-order valence-corrected chi connectivity index (χ0v) is 15.2. The monoisotopic (exact) mass is 363 g/mol. The summed E-state index contributed by atoms with van der Waals surface area (Å²) in [4.78, 5) is 14.7. The second-order valence-electron chi connectivity index (χ2n) is 6.30. The maximum Gasteiger partial charge on any atom is 0.232 e. The third kappa shape index (κ3) is 3.59. The van der Waals surface area contributed by atoms with Crippen molar-refractivity contribution in [3.8, 4) is 0 Å². The van der Waals surface area contributed by atoms with Gasteiger partial charge >= 0.3 is 0 Å². The minimum Gasteiger partial charge on any atom is -0.373 e. The van der Waals surface area contributed by atoms with Gasteiger partial charge in [-0.15, -0.1) is 0 Å². The Hall–Kier alpha value is -2.19. The summed E-state index contributed by atoms with van der Waals surface area (Å²) in [5.74, 6) is -0.423. The number of ether oxygens (including phenoxy) is 1. The van der Waals surface area contributed by atoms with Crippen LogP contribution >= 0.6 is 0 Å². The molecule has 0 N–H and O–H groups in total. The van der Waals surface area contributed by atoms with Gasteiger partial charge in [-0.1, -0.05) is 6.07 Å². The van der Waals surface area contributed by atoms with Gasteiger partial charge in [0.2, 0.25) is 5.91 Å². The fourth-order valence-electron chi connectivity index (χ4n) is 3.06. The van der Waals surface area contributed by atoms with Gasteiger partial charge in [0.25, 0.3) is 0 Å². The van der Waals surface area contributed by atoms with Crippen LogP contribution in [0.5, 0.6) is 0 Å². The van der Waals surface area contributed by atoms with Crippen LogP contribution in [0.3, 0.4) is 0 Å². The molecule has 1 aliphatic rings. The predicted octanol–water partition coefficient (Wildman–Crippen LogP) is 1.56. The molecule has 3 rings (SSSR count). The molecule has 7 nitrogen and oxygen atoms in total. The fourth-order valence-corrected chi connectivity index (χ4v) is 3.72. The second kappa shape index (κ2) is 6.61. The van der Waals surface area contributed by atoms with Crippen LogP contribution in [-0.4, -0.2) is 44.0 Å². The smallest absolute Gasteiger partial charge is 0.232 e. The van der Waals surface area contributed by atoms with Crippen LogP contribution in [0.15, 0.2) is 41.6 Å². The summed E-state index contributed by atoms with van der Waals surface area (Å²) in [6, 6.07) is 6.40. The number of aryl methyl sites for hydroxylation is 1. The molecule has 1 amide bonds. The number of amides is 1. The van der Waals surface area contributed by atoms with E-state index in [-0.39, 0.29) is 22.8 Å². The van der Waals surface area contributed by atoms with Gasteiger partial charge in [0.15, 0.2) is 9.84 Å². The summed E-state index contributed by atoms with van der Waals surface area (Å²) in [5.41, 5.74) is 1.42. The van der Waals surface area contributed by atoms with Gasteiger partial charge in [-0.2, -0.15) is 5.10 Å². The first-order chi connectivity index (χ1) is 11.8. The van der Waals surface area contributed by atoms with Crippen molar-refractivity contribution in [1.82, 2.24) is 9.78 Å². The SMILES string of the molecule is CN(C(=O)[C@@H]1CCO[C@H]1c1cnn(C)c1)c1cccc(S(C)(=O)=O)c1. The lowest BCUT2D eigenvalue weighted by atomic mass is 9.96. The number of carbonyl (C=O) groups is 1. The van der Waals surface area contributed by atoms with Crippen molar-refractivity contribution in [2.75, 3.05) is 24.8 Å². The number of nitrogens with zero attached hydrogens (tertiary/aromatic N) is 3. The molecule has 0 radical (unpaired) electrons. The molecule has 8 heteroatoms. The number of anilines is 1. The lowest BCUT2D eigenvalue weighted by Crippen LogP contribution is -2.34. The number of aromatic nitrogens is 2. The number of hydrogen-bond donors (Lipinski definition) is 0.